The minimum atomic E-state index is 0.616. The highest BCUT2D eigenvalue weighted by molar-refractivity contribution is 14.1. The summed E-state index contributed by atoms with van der Waals surface area (Å²) in [7, 11) is 0. The van der Waals surface area contributed by atoms with E-state index in [1.54, 1.807) is 18.5 Å². The molecule has 0 aliphatic carbocycles. The maximum absolute atomic E-state index is 11.0. The number of aldehydes is 1. The van der Waals surface area contributed by atoms with Gasteiger partial charge in [0.1, 0.15) is 13.2 Å². The number of halogens is 2. The summed E-state index contributed by atoms with van der Waals surface area (Å²) in [5, 5.41) is 0. The second kappa shape index (κ2) is 4.78. The molecule has 0 spiro atoms. The Labute approximate surface area is 120 Å². The smallest absolute Gasteiger partial charge is 0.152 e. The third-order valence-corrected chi connectivity index (χ3v) is 4.93. The zero-order valence-corrected chi connectivity index (χ0v) is 12.6. The van der Waals surface area contributed by atoms with E-state index < -0.39 is 0 Å². The number of rotatable bonds is 2. The van der Waals surface area contributed by atoms with Crippen molar-refractivity contribution < 1.29 is 4.79 Å². The fourth-order valence-electron chi connectivity index (χ4n) is 1.44. The quantitative estimate of drug-likeness (QED) is 0.535. The van der Waals surface area contributed by atoms with Crippen molar-refractivity contribution in [1.29, 1.82) is 0 Å². The van der Waals surface area contributed by atoms with E-state index in [4.69, 9.17) is 0 Å². The van der Waals surface area contributed by atoms with Crippen LogP contribution in [0.2, 0.25) is 0 Å². The molecule has 0 aromatic carbocycles. The molecule has 2 aromatic heterocycles. The first-order valence-corrected chi connectivity index (χ1v) is 6.60. The molecule has 0 radical (unpaired) electrons. The molecule has 0 fully saturated rings. The van der Waals surface area contributed by atoms with Gasteiger partial charge in [0.25, 0.3) is 0 Å². The van der Waals surface area contributed by atoms with Gasteiger partial charge in [0, 0.05) is 11.8 Å². The number of pyridine rings is 1. The van der Waals surface area contributed by atoms with E-state index in [0.29, 0.717) is 5.56 Å². The highest BCUT2D eigenvalue weighted by Crippen LogP contribution is 2.22. The molecule has 0 bridgehead atoms. The van der Waals surface area contributed by atoms with Gasteiger partial charge in [-0.3, -0.25) is 14.3 Å². The molecule has 6 heteroatoms. The van der Waals surface area contributed by atoms with Crippen LogP contribution in [-0.2, 0) is 0 Å². The Bertz CT molecular complexity index is 551. The van der Waals surface area contributed by atoms with Gasteiger partial charge in [0.15, 0.2) is 6.29 Å². The number of aromatic nitrogens is 3. The van der Waals surface area contributed by atoms with E-state index >= 15 is 0 Å². The number of hydrogen-bond donors (Lipinski definition) is 0. The van der Waals surface area contributed by atoms with Crippen LogP contribution in [-0.4, -0.2) is 20.8 Å². The van der Waals surface area contributed by atoms with E-state index in [9.17, 15) is 4.79 Å². The molecule has 0 aliphatic rings. The molecule has 0 aliphatic heterocycles. The van der Waals surface area contributed by atoms with Crippen molar-refractivity contribution in [1.82, 2.24) is 14.5 Å². The summed E-state index contributed by atoms with van der Waals surface area (Å²) in [6.07, 6.45) is 4.12. The number of hydrogen-bond acceptors (Lipinski definition) is 3. The van der Waals surface area contributed by atoms with E-state index in [1.807, 2.05) is 11.5 Å². The zero-order chi connectivity index (χ0) is 11.7. The van der Waals surface area contributed by atoms with Crippen LogP contribution in [0.4, 0.5) is 0 Å². The number of carbonyl (C=O) groups excluding carboxylic acids is 1. The van der Waals surface area contributed by atoms with E-state index in [0.717, 1.165) is 25.2 Å². The summed E-state index contributed by atoms with van der Waals surface area (Å²) in [5.74, 6) is 0.852. The van der Waals surface area contributed by atoms with Crippen molar-refractivity contribution in [3.05, 3.63) is 37.2 Å². The van der Waals surface area contributed by atoms with Gasteiger partial charge >= 0.3 is 0 Å². The van der Waals surface area contributed by atoms with Crippen LogP contribution in [0.3, 0.4) is 0 Å². The lowest BCUT2D eigenvalue weighted by molar-refractivity contribution is 0.112. The summed E-state index contributed by atoms with van der Waals surface area (Å²) >= 11 is 4.38. The van der Waals surface area contributed by atoms with Crippen molar-refractivity contribution in [2.24, 2.45) is 0 Å². The lowest BCUT2D eigenvalue weighted by Gasteiger charge is -2.08. The zero-order valence-electron chi connectivity index (χ0n) is 8.32. The van der Waals surface area contributed by atoms with E-state index in [2.05, 4.69) is 55.1 Å². The molecule has 0 saturated carbocycles. The number of nitrogens with zero attached hydrogens (tertiary/aromatic N) is 3. The fourth-order valence-corrected chi connectivity index (χ4v) is 2.76. The number of carbonyl (C=O) groups is 1. The molecule has 0 atom stereocenters. The molecule has 16 heavy (non-hydrogen) atoms. The van der Waals surface area contributed by atoms with Crippen LogP contribution in [0.5, 0.6) is 0 Å². The minimum Gasteiger partial charge on any atom is -0.298 e. The molecule has 2 heterocycles. The lowest BCUT2D eigenvalue weighted by atomic mass is 10.2. The predicted octanol–water partition coefficient (Wildman–Crippen LogP) is 2.60. The molecule has 2 rings (SSSR count). The molecule has 0 N–H and O–H groups in total. The average Bonchev–Trinajstić information content (AvgIpc) is 2.53. The molecule has 0 amide bonds. The third kappa shape index (κ3) is 1.99. The van der Waals surface area contributed by atoms with Gasteiger partial charge in [-0.15, -0.1) is 0 Å². The van der Waals surface area contributed by atoms with Gasteiger partial charge in [0.2, 0.25) is 0 Å². The van der Waals surface area contributed by atoms with Crippen LogP contribution in [0.25, 0.3) is 5.69 Å². The van der Waals surface area contributed by atoms with Crippen molar-refractivity contribution in [3.8, 4) is 5.69 Å². The predicted molar refractivity (Wildman–Crippen MR) is 76.9 cm³/mol. The summed E-state index contributed by atoms with van der Waals surface area (Å²) in [6, 6.07) is 1.70. The van der Waals surface area contributed by atoms with E-state index in [-0.39, 0.29) is 0 Å². The van der Waals surface area contributed by atoms with Crippen LogP contribution in [0.1, 0.15) is 16.2 Å². The van der Waals surface area contributed by atoms with Crippen molar-refractivity contribution in [2.75, 3.05) is 0 Å². The first kappa shape index (κ1) is 12.0. The van der Waals surface area contributed by atoms with Gasteiger partial charge in [-0.1, -0.05) is 0 Å². The minimum absolute atomic E-state index is 0.616. The summed E-state index contributed by atoms with van der Waals surface area (Å²) in [4.78, 5) is 19.4. The SMILES string of the molecule is Cc1nc(I)c(I)n1-c1cnccc1C=O. The standard InChI is InChI=1S/C10H7I2N3O/c1-6-14-9(11)10(12)15(6)8-4-13-3-2-7(8)5-16/h2-5H,1H3. The Balaban J connectivity index is 2.71. The van der Waals surface area contributed by atoms with Crippen LogP contribution < -0.4 is 0 Å². The van der Waals surface area contributed by atoms with Crippen molar-refractivity contribution in [2.45, 2.75) is 6.92 Å². The first-order valence-electron chi connectivity index (χ1n) is 4.45. The Morgan fingerprint density at radius 2 is 2.19 bits per heavy atom. The molecular formula is C10H7I2N3O. The molecule has 4 nitrogen and oxygen atoms in total. The summed E-state index contributed by atoms with van der Waals surface area (Å²) in [5.41, 5.74) is 1.39. The molecule has 82 valence electrons. The number of imidazole rings is 1. The van der Waals surface area contributed by atoms with Crippen LogP contribution in [0, 0.1) is 14.3 Å². The fraction of sp³-hybridized carbons (Fsp3) is 0.100. The summed E-state index contributed by atoms with van der Waals surface area (Å²) < 4.78 is 3.85. The average molecular weight is 439 g/mol. The Morgan fingerprint density at radius 3 is 2.75 bits per heavy atom. The number of aryl methyl sites for hydroxylation is 1. The first-order chi connectivity index (χ1) is 7.65. The van der Waals surface area contributed by atoms with Crippen molar-refractivity contribution >= 4 is 51.5 Å². The molecular weight excluding hydrogens is 432 g/mol. The highest BCUT2D eigenvalue weighted by Gasteiger charge is 2.14. The molecule has 0 unspecified atom stereocenters. The normalized spacial score (nSPS) is 10.4. The largest absolute Gasteiger partial charge is 0.298 e. The molecule has 2 aromatic rings. The second-order valence-electron chi connectivity index (χ2n) is 3.13. The van der Waals surface area contributed by atoms with Gasteiger partial charge < -0.3 is 0 Å². The van der Waals surface area contributed by atoms with Crippen molar-refractivity contribution in [3.63, 3.8) is 0 Å². The van der Waals surface area contributed by atoms with Gasteiger partial charge in [-0.05, 0) is 58.2 Å². The summed E-state index contributed by atoms with van der Waals surface area (Å²) in [6.45, 7) is 1.91. The topological polar surface area (TPSA) is 47.8 Å². The maximum atomic E-state index is 11.0. The van der Waals surface area contributed by atoms with Gasteiger partial charge in [-0.25, -0.2) is 4.98 Å². The monoisotopic (exact) mass is 439 g/mol. The van der Waals surface area contributed by atoms with Crippen LogP contribution in [0.15, 0.2) is 18.5 Å². The van der Waals surface area contributed by atoms with Gasteiger partial charge in [0.05, 0.1) is 11.9 Å². The van der Waals surface area contributed by atoms with E-state index in [1.165, 1.54) is 0 Å². The van der Waals surface area contributed by atoms with Crippen LogP contribution >= 0.6 is 45.2 Å². The Kier molecular flexibility index (Phi) is 3.57. The Hall–Kier alpha value is -0.510. The lowest BCUT2D eigenvalue weighted by Crippen LogP contribution is -2.03. The third-order valence-electron chi connectivity index (χ3n) is 2.15. The highest BCUT2D eigenvalue weighted by atomic mass is 127. The Morgan fingerprint density at radius 1 is 1.44 bits per heavy atom. The second-order valence-corrected chi connectivity index (χ2v) is 5.17. The van der Waals surface area contributed by atoms with Gasteiger partial charge in [-0.2, -0.15) is 0 Å². The molecule has 0 saturated heterocycles. The maximum Gasteiger partial charge on any atom is 0.152 e.